The summed E-state index contributed by atoms with van der Waals surface area (Å²) >= 11 is 0. The maximum Gasteiger partial charge on any atom is 0.242 e. The van der Waals surface area contributed by atoms with Crippen LogP contribution >= 0.6 is 0 Å². The molecule has 0 aliphatic carbocycles. The lowest BCUT2D eigenvalue weighted by atomic mass is 10.2. The summed E-state index contributed by atoms with van der Waals surface area (Å²) in [6.45, 7) is 2.67. The number of hydrogen-bond acceptors (Lipinski definition) is 4. The average molecular weight is 271 g/mol. The van der Waals surface area contributed by atoms with Crippen LogP contribution in [0.3, 0.4) is 0 Å². The number of sulfonamides is 1. The molecule has 1 rings (SSSR count). The Kier molecular flexibility index (Phi) is 5.13. The standard InChI is InChI=1S/C12H21N3O2S/c1-10(8-9-15(2)3)14-18(16,17)12-7-5-4-6-11(12)13/h4-7,10,14H,8-9,13H2,1-3H3. The van der Waals surface area contributed by atoms with Gasteiger partial charge in [-0.25, -0.2) is 13.1 Å². The van der Waals surface area contributed by atoms with E-state index in [4.69, 9.17) is 5.73 Å². The predicted octanol–water partition coefficient (Wildman–Crippen LogP) is 0.887. The molecule has 1 aromatic rings. The molecule has 0 spiro atoms. The highest BCUT2D eigenvalue weighted by Crippen LogP contribution is 2.17. The predicted molar refractivity (Wildman–Crippen MR) is 73.8 cm³/mol. The van der Waals surface area contributed by atoms with Crippen molar-refractivity contribution in [3.8, 4) is 0 Å². The Morgan fingerprint density at radius 1 is 1.33 bits per heavy atom. The molecule has 1 aromatic carbocycles. The highest BCUT2D eigenvalue weighted by Gasteiger charge is 2.19. The summed E-state index contributed by atoms with van der Waals surface area (Å²) in [6.07, 6.45) is 0.749. The van der Waals surface area contributed by atoms with Crippen LogP contribution in [0.15, 0.2) is 29.2 Å². The van der Waals surface area contributed by atoms with Gasteiger partial charge in [-0.1, -0.05) is 12.1 Å². The number of nitrogens with one attached hydrogen (secondary N) is 1. The topological polar surface area (TPSA) is 75.4 Å². The molecular weight excluding hydrogens is 250 g/mol. The van der Waals surface area contributed by atoms with Crippen molar-refractivity contribution in [3.05, 3.63) is 24.3 Å². The lowest BCUT2D eigenvalue weighted by Gasteiger charge is -2.17. The maximum absolute atomic E-state index is 12.1. The molecule has 18 heavy (non-hydrogen) atoms. The van der Waals surface area contributed by atoms with Gasteiger partial charge in [0.2, 0.25) is 10.0 Å². The Labute approximate surface area is 109 Å². The van der Waals surface area contributed by atoms with Gasteiger partial charge in [0.05, 0.1) is 5.69 Å². The van der Waals surface area contributed by atoms with Crippen LogP contribution in [0.4, 0.5) is 5.69 Å². The molecule has 102 valence electrons. The molecule has 0 fully saturated rings. The molecule has 0 radical (unpaired) electrons. The number of benzene rings is 1. The molecule has 0 amide bonds. The van der Waals surface area contributed by atoms with Gasteiger partial charge in [-0.3, -0.25) is 0 Å². The second-order valence-electron chi connectivity index (χ2n) is 4.65. The molecular formula is C12H21N3O2S. The molecule has 0 aliphatic rings. The van der Waals surface area contributed by atoms with E-state index in [0.717, 1.165) is 13.0 Å². The number of nitrogen functional groups attached to an aromatic ring is 1. The molecule has 3 N–H and O–H groups in total. The zero-order chi connectivity index (χ0) is 13.8. The molecule has 0 saturated carbocycles. The summed E-state index contributed by atoms with van der Waals surface area (Å²) in [5, 5.41) is 0. The SMILES string of the molecule is CC(CCN(C)C)NS(=O)(=O)c1ccccc1N. The smallest absolute Gasteiger partial charge is 0.242 e. The minimum absolute atomic E-state index is 0.128. The highest BCUT2D eigenvalue weighted by atomic mass is 32.2. The Morgan fingerprint density at radius 3 is 2.50 bits per heavy atom. The molecule has 0 bridgehead atoms. The summed E-state index contributed by atoms with van der Waals surface area (Å²) in [5.41, 5.74) is 5.95. The molecule has 0 heterocycles. The minimum atomic E-state index is -3.53. The summed E-state index contributed by atoms with van der Waals surface area (Å²) in [4.78, 5) is 2.16. The van der Waals surface area contributed by atoms with Crippen LogP contribution in [0.1, 0.15) is 13.3 Å². The van der Waals surface area contributed by atoms with Crippen LogP contribution in [0.25, 0.3) is 0 Å². The zero-order valence-corrected chi connectivity index (χ0v) is 11.9. The van der Waals surface area contributed by atoms with Crippen molar-refractivity contribution >= 4 is 15.7 Å². The number of nitrogens with two attached hydrogens (primary N) is 1. The van der Waals surface area contributed by atoms with E-state index in [2.05, 4.69) is 4.72 Å². The van der Waals surface area contributed by atoms with Gasteiger partial charge in [-0.05, 0) is 46.1 Å². The minimum Gasteiger partial charge on any atom is -0.398 e. The van der Waals surface area contributed by atoms with Crippen molar-refractivity contribution in [3.63, 3.8) is 0 Å². The van der Waals surface area contributed by atoms with Crippen molar-refractivity contribution in [2.75, 3.05) is 26.4 Å². The van der Waals surface area contributed by atoms with Gasteiger partial charge in [0.1, 0.15) is 4.90 Å². The van der Waals surface area contributed by atoms with E-state index >= 15 is 0 Å². The van der Waals surface area contributed by atoms with E-state index in [-0.39, 0.29) is 16.6 Å². The maximum atomic E-state index is 12.1. The van der Waals surface area contributed by atoms with E-state index in [1.54, 1.807) is 18.2 Å². The third-order valence-corrected chi connectivity index (χ3v) is 4.24. The first-order valence-corrected chi connectivity index (χ1v) is 7.33. The van der Waals surface area contributed by atoms with Gasteiger partial charge in [0, 0.05) is 6.04 Å². The Bertz CT molecular complexity index is 486. The summed E-state index contributed by atoms with van der Waals surface area (Å²) in [5.74, 6) is 0. The van der Waals surface area contributed by atoms with Crippen molar-refractivity contribution in [1.82, 2.24) is 9.62 Å². The second-order valence-corrected chi connectivity index (χ2v) is 6.33. The molecule has 6 heteroatoms. The first kappa shape index (κ1) is 14.9. The van der Waals surface area contributed by atoms with Gasteiger partial charge < -0.3 is 10.6 Å². The van der Waals surface area contributed by atoms with E-state index < -0.39 is 10.0 Å². The molecule has 1 atom stereocenters. The first-order valence-electron chi connectivity index (χ1n) is 5.84. The monoisotopic (exact) mass is 271 g/mol. The molecule has 0 saturated heterocycles. The molecule has 1 unspecified atom stereocenters. The van der Waals surface area contributed by atoms with E-state index in [1.165, 1.54) is 6.07 Å². The van der Waals surface area contributed by atoms with Crippen molar-refractivity contribution in [1.29, 1.82) is 0 Å². The first-order chi connectivity index (χ1) is 8.33. The van der Waals surface area contributed by atoms with Crippen LogP contribution in [-0.4, -0.2) is 40.0 Å². The number of anilines is 1. The second kappa shape index (κ2) is 6.17. The number of para-hydroxylation sites is 1. The number of nitrogens with zero attached hydrogens (tertiary/aromatic N) is 1. The van der Waals surface area contributed by atoms with E-state index in [1.807, 2.05) is 25.9 Å². The third-order valence-electron chi connectivity index (χ3n) is 2.57. The summed E-state index contributed by atoms with van der Waals surface area (Å²) in [6, 6.07) is 6.34. The van der Waals surface area contributed by atoms with Crippen molar-refractivity contribution < 1.29 is 8.42 Å². The zero-order valence-electron chi connectivity index (χ0n) is 11.1. The molecule has 0 aliphatic heterocycles. The van der Waals surface area contributed by atoms with Crippen LogP contribution in [0.2, 0.25) is 0 Å². The third kappa shape index (κ3) is 4.29. The summed E-state index contributed by atoms with van der Waals surface area (Å²) < 4.78 is 26.8. The Balaban J connectivity index is 2.74. The van der Waals surface area contributed by atoms with Gasteiger partial charge in [0.25, 0.3) is 0 Å². The van der Waals surface area contributed by atoms with Crippen LogP contribution in [0.5, 0.6) is 0 Å². The number of hydrogen-bond donors (Lipinski definition) is 2. The summed E-state index contributed by atoms with van der Waals surface area (Å²) in [7, 11) is 0.378. The van der Waals surface area contributed by atoms with Gasteiger partial charge in [0.15, 0.2) is 0 Å². The fourth-order valence-corrected chi connectivity index (χ4v) is 2.97. The lowest BCUT2D eigenvalue weighted by molar-refractivity contribution is 0.379. The fraction of sp³-hybridized carbons (Fsp3) is 0.500. The molecule has 5 nitrogen and oxygen atoms in total. The fourth-order valence-electron chi connectivity index (χ4n) is 1.56. The largest absolute Gasteiger partial charge is 0.398 e. The quantitative estimate of drug-likeness (QED) is 0.753. The van der Waals surface area contributed by atoms with Crippen molar-refractivity contribution in [2.45, 2.75) is 24.3 Å². The normalized spacial score (nSPS) is 13.8. The number of rotatable bonds is 6. The lowest BCUT2D eigenvalue weighted by Crippen LogP contribution is -2.35. The van der Waals surface area contributed by atoms with E-state index in [9.17, 15) is 8.42 Å². The van der Waals surface area contributed by atoms with Gasteiger partial charge >= 0.3 is 0 Å². The van der Waals surface area contributed by atoms with Crippen LogP contribution in [0, 0.1) is 0 Å². The van der Waals surface area contributed by atoms with E-state index in [0.29, 0.717) is 0 Å². The van der Waals surface area contributed by atoms with Crippen LogP contribution in [-0.2, 0) is 10.0 Å². The van der Waals surface area contributed by atoms with Crippen molar-refractivity contribution in [2.24, 2.45) is 0 Å². The Hall–Kier alpha value is -1.11. The molecule has 0 aromatic heterocycles. The average Bonchev–Trinajstić information content (AvgIpc) is 2.26. The Morgan fingerprint density at radius 2 is 1.94 bits per heavy atom. The van der Waals surface area contributed by atoms with Gasteiger partial charge in [-0.2, -0.15) is 0 Å². The highest BCUT2D eigenvalue weighted by molar-refractivity contribution is 7.89. The van der Waals surface area contributed by atoms with Crippen LogP contribution < -0.4 is 10.5 Å². The van der Waals surface area contributed by atoms with Gasteiger partial charge in [-0.15, -0.1) is 0 Å².